The average Bonchev–Trinajstić information content (AvgIpc) is 3.48. The lowest BCUT2D eigenvalue weighted by Crippen LogP contribution is -2.50. The fourth-order valence-electron chi connectivity index (χ4n) is 6.49. The third-order valence-electron chi connectivity index (χ3n) is 8.49. The molecule has 2 aliphatic rings. The Morgan fingerprint density at radius 2 is 1.87 bits per heavy atom. The van der Waals surface area contributed by atoms with Gasteiger partial charge in [0.2, 0.25) is 11.8 Å². The van der Waals surface area contributed by atoms with Gasteiger partial charge in [0.05, 0.1) is 42.7 Å². The molecule has 0 unspecified atom stereocenters. The number of alkyl halides is 1. The summed E-state index contributed by atoms with van der Waals surface area (Å²) >= 11 is 12.5. The number of carbonyl (C=O) groups excluding carboxylic acids is 3. The van der Waals surface area contributed by atoms with Crippen LogP contribution in [0.15, 0.2) is 54.6 Å². The Labute approximate surface area is 269 Å². The molecule has 1 saturated heterocycles. The minimum absolute atomic E-state index is 0.0401. The molecule has 0 radical (unpaired) electrons. The number of anilines is 2. The Bertz CT molecular complexity index is 1670. The first kappa shape index (κ1) is 32.7. The van der Waals surface area contributed by atoms with E-state index >= 15 is 4.39 Å². The molecule has 3 aromatic rings. The van der Waals surface area contributed by atoms with E-state index in [0.717, 1.165) is 0 Å². The quantitative estimate of drug-likeness (QED) is 0.222. The highest BCUT2D eigenvalue weighted by Gasteiger charge is 2.66. The molecule has 2 heterocycles. The van der Waals surface area contributed by atoms with Crippen LogP contribution in [0.5, 0.6) is 5.75 Å². The highest BCUT2D eigenvalue weighted by Crippen LogP contribution is 2.57. The molecule has 3 N–H and O–H groups in total. The lowest BCUT2D eigenvalue weighted by Gasteiger charge is -2.38. The maximum atomic E-state index is 16.0. The van der Waals surface area contributed by atoms with Gasteiger partial charge in [0, 0.05) is 22.7 Å². The fraction of sp³-hybridized carbons (Fsp3) is 0.364. The molecule has 8 nitrogen and oxygen atoms in total. The number of fused-ring (bicyclic) bond motifs is 2. The van der Waals surface area contributed by atoms with Gasteiger partial charge < -0.3 is 25.4 Å². The van der Waals surface area contributed by atoms with Crippen LogP contribution in [0, 0.1) is 11.2 Å². The highest BCUT2D eigenvalue weighted by molar-refractivity contribution is 6.31. The largest absolute Gasteiger partial charge is 0.495 e. The Morgan fingerprint density at radius 1 is 1.11 bits per heavy atom. The molecule has 0 aliphatic carbocycles. The number of methoxy groups -OCH3 is 1. The van der Waals surface area contributed by atoms with E-state index in [1.165, 1.54) is 37.4 Å². The van der Waals surface area contributed by atoms with E-state index in [-0.39, 0.29) is 40.6 Å². The molecule has 0 aromatic heterocycles. The van der Waals surface area contributed by atoms with Crippen LogP contribution in [-0.4, -0.2) is 50.3 Å². The summed E-state index contributed by atoms with van der Waals surface area (Å²) < 4.78 is 40.8. The second-order valence-electron chi connectivity index (χ2n) is 12.0. The van der Waals surface area contributed by atoms with E-state index in [9.17, 15) is 18.8 Å². The Balaban J connectivity index is 1.67. The maximum Gasteiger partial charge on any atom is 0.338 e. The summed E-state index contributed by atoms with van der Waals surface area (Å²) in [6, 6.07) is 11.7. The normalized spacial score (nSPS) is 22.2. The Hall–Kier alpha value is -3.73. The zero-order chi connectivity index (χ0) is 32.7. The van der Waals surface area contributed by atoms with E-state index in [4.69, 9.17) is 32.7 Å². The Morgan fingerprint density at radius 3 is 2.56 bits per heavy atom. The van der Waals surface area contributed by atoms with E-state index < -0.39 is 59.1 Å². The van der Waals surface area contributed by atoms with E-state index in [0.29, 0.717) is 16.3 Å². The fourth-order valence-corrected chi connectivity index (χ4v) is 6.85. The molecule has 1 spiro atoms. The standard InChI is InChI=1S/C33H33Cl2F2N3O5/c1-5-45-30(42)17-9-12-22(24(13-17)44-4)38-29(41)28-26(19-7-6-8-21(35)27(19)37)33(25(40-28)15-32(2,3)16-36)20-11-10-18(34)14-23(20)39-31(33)43/h6-14,25-26,28,40H,5,15-16H2,1-4H3,(H,38,41)(H,39,43)/t25-,26-,28+,33+/m0/s1. The van der Waals surface area contributed by atoms with Crippen LogP contribution in [0.3, 0.4) is 0 Å². The number of halogens is 4. The van der Waals surface area contributed by atoms with Crippen LogP contribution in [0.25, 0.3) is 0 Å². The molecule has 12 heteroatoms. The molecule has 1 fully saturated rings. The molecule has 2 amide bonds. The van der Waals surface area contributed by atoms with Crippen molar-refractivity contribution in [3.63, 3.8) is 0 Å². The van der Waals surface area contributed by atoms with E-state index in [2.05, 4.69) is 16.0 Å². The molecular weight excluding hydrogens is 627 g/mol. The molecule has 5 rings (SSSR count). The summed E-state index contributed by atoms with van der Waals surface area (Å²) in [7, 11) is 1.38. The summed E-state index contributed by atoms with van der Waals surface area (Å²) in [6.07, 6.45) is 0.124. The number of ether oxygens (including phenoxy) is 2. The first-order valence-corrected chi connectivity index (χ1v) is 15.2. The van der Waals surface area contributed by atoms with Gasteiger partial charge in [-0.2, -0.15) is 0 Å². The van der Waals surface area contributed by atoms with Crippen LogP contribution < -0.4 is 20.7 Å². The minimum Gasteiger partial charge on any atom is -0.495 e. The van der Waals surface area contributed by atoms with Gasteiger partial charge in [-0.3, -0.25) is 14.0 Å². The van der Waals surface area contributed by atoms with Crippen molar-refractivity contribution in [3.05, 3.63) is 87.2 Å². The molecular formula is C33H33Cl2F2N3O5. The van der Waals surface area contributed by atoms with Gasteiger partial charge in [-0.1, -0.05) is 55.2 Å². The zero-order valence-corrected chi connectivity index (χ0v) is 26.6. The van der Waals surface area contributed by atoms with Crippen molar-refractivity contribution in [3.8, 4) is 5.75 Å². The maximum absolute atomic E-state index is 16.0. The number of amides is 2. The van der Waals surface area contributed by atoms with Crippen LogP contribution in [0.1, 0.15) is 54.6 Å². The van der Waals surface area contributed by atoms with Gasteiger partial charge in [-0.05, 0) is 66.3 Å². The number of benzene rings is 3. The van der Waals surface area contributed by atoms with Crippen LogP contribution in [-0.2, 0) is 19.7 Å². The van der Waals surface area contributed by atoms with Crippen molar-refractivity contribution >= 4 is 52.4 Å². The van der Waals surface area contributed by atoms with Crippen LogP contribution >= 0.6 is 23.2 Å². The van der Waals surface area contributed by atoms with Crippen molar-refractivity contribution in [2.24, 2.45) is 5.41 Å². The average molecular weight is 661 g/mol. The van der Waals surface area contributed by atoms with Crippen molar-refractivity contribution in [1.82, 2.24) is 5.32 Å². The van der Waals surface area contributed by atoms with Gasteiger partial charge in [-0.25, -0.2) is 9.18 Å². The van der Waals surface area contributed by atoms with Gasteiger partial charge in [-0.15, -0.1) is 0 Å². The minimum atomic E-state index is -1.56. The number of nitrogens with one attached hydrogen (secondary N) is 3. The molecule has 3 aromatic carbocycles. The topological polar surface area (TPSA) is 106 Å². The lowest BCUT2D eigenvalue weighted by atomic mass is 9.62. The Kier molecular flexibility index (Phi) is 9.13. The second kappa shape index (κ2) is 12.6. The summed E-state index contributed by atoms with van der Waals surface area (Å²) in [5.41, 5.74) is -1.06. The zero-order valence-electron chi connectivity index (χ0n) is 25.1. The predicted molar refractivity (Wildman–Crippen MR) is 169 cm³/mol. The van der Waals surface area contributed by atoms with Crippen molar-refractivity contribution in [1.29, 1.82) is 0 Å². The molecule has 45 heavy (non-hydrogen) atoms. The molecule has 4 atom stereocenters. The third kappa shape index (κ3) is 5.75. The number of carbonyl (C=O) groups is 3. The predicted octanol–water partition coefficient (Wildman–Crippen LogP) is 6.66. The summed E-state index contributed by atoms with van der Waals surface area (Å²) in [4.78, 5) is 40.8. The molecule has 238 valence electrons. The molecule has 0 bridgehead atoms. The molecule has 0 saturated carbocycles. The van der Waals surface area contributed by atoms with Gasteiger partial charge >= 0.3 is 5.97 Å². The number of hydrogen-bond donors (Lipinski definition) is 3. The third-order valence-corrected chi connectivity index (χ3v) is 9.02. The van der Waals surface area contributed by atoms with Crippen molar-refractivity contribution in [2.45, 2.75) is 50.6 Å². The highest BCUT2D eigenvalue weighted by atomic mass is 35.5. The second-order valence-corrected chi connectivity index (χ2v) is 12.8. The summed E-state index contributed by atoms with van der Waals surface area (Å²) in [6.45, 7) is 4.60. The number of hydrogen-bond acceptors (Lipinski definition) is 6. The summed E-state index contributed by atoms with van der Waals surface area (Å²) in [5, 5.41) is 9.20. The van der Waals surface area contributed by atoms with Crippen molar-refractivity contribution < 1.29 is 32.6 Å². The summed E-state index contributed by atoms with van der Waals surface area (Å²) in [5.74, 6) is -3.39. The van der Waals surface area contributed by atoms with Crippen LogP contribution in [0.4, 0.5) is 20.2 Å². The molecule has 2 aliphatic heterocycles. The lowest BCUT2D eigenvalue weighted by molar-refractivity contribution is -0.122. The van der Waals surface area contributed by atoms with Gasteiger partial charge in [0.1, 0.15) is 17.0 Å². The van der Waals surface area contributed by atoms with Crippen molar-refractivity contribution in [2.75, 3.05) is 31.0 Å². The van der Waals surface area contributed by atoms with Gasteiger partial charge in [0.15, 0.2) is 0 Å². The number of rotatable bonds is 9. The first-order valence-electron chi connectivity index (χ1n) is 14.4. The van der Waals surface area contributed by atoms with Crippen LogP contribution in [0.2, 0.25) is 10.0 Å². The smallest absolute Gasteiger partial charge is 0.338 e. The van der Waals surface area contributed by atoms with Gasteiger partial charge in [0.25, 0.3) is 0 Å². The monoisotopic (exact) mass is 659 g/mol. The SMILES string of the molecule is CCOC(=O)c1ccc(NC(=O)[C@@H]2N[C@@H](CC(C)(C)CF)[C@@]3(C(=O)Nc4cc(Cl)ccc43)[C@H]2c2cccc(Cl)c2F)c(OC)c1. The van der Waals surface area contributed by atoms with E-state index in [1.54, 1.807) is 45.0 Å². The first-order chi connectivity index (χ1) is 21.4. The number of esters is 1. The van der Waals surface area contributed by atoms with E-state index in [1.807, 2.05) is 0 Å².